The van der Waals surface area contributed by atoms with Crippen LogP contribution in [0.5, 0.6) is 0 Å². The van der Waals surface area contributed by atoms with Gasteiger partial charge in [0.1, 0.15) is 0 Å². The van der Waals surface area contributed by atoms with Crippen LogP contribution in [0.25, 0.3) is 0 Å². The number of nitrogens with zero attached hydrogens (tertiary/aromatic N) is 1. The van der Waals surface area contributed by atoms with E-state index in [0.29, 0.717) is 6.04 Å². The van der Waals surface area contributed by atoms with Crippen LogP contribution in [0.4, 0.5) is 0 Å². The summed E-state index contributed by atoms with van der Waals surface area (Å²) in [7, 11) is 4.22. The molecule has 0 rings (SSSR count). The summed E-state index contributed by atoms with van der Waals surface area (Å²) in [5, 5.41) is 0. The minimum Gasteiger partial charge on any atom is -0.364 e. The zero-order valence-electron chi connectivity index (χ0n) is 8.75. The third-order valence-electron chi connectivity index (χ3n) is 1.98. The average Bonchev–Trinajstić information content (AvgIpc) is 2.08. The van der Waals surface area contributed by atoms with Gasteiger partial charge in [-0.3, -0.25) is 4.57 Å². The van der Waals surface area contributed by atoms with E-state index in [1.165, 1.54) is 0 Å². The van der Waals surface area contributed by atoms with Crippen molar-refractivity contribution in [2.75, 3.05) is 28.4 Å². The van der Waals surface area contributed by atoms with E-state index in [1.54, 1.807) is 21.3 Å². The van der Waals surface area contributed by atoms with Gasteiger partial charge >= 0.3 is 8.97 Å². The van der Waals surface area contributed by atoms with Gasteiger partial charge in [0, 0.05) is 27.4 Å². The molecular weight excluding hydrogens is 174 g/mol. The Morgan fingerprint density at radius 1 is 1.00 bits per heavy atom. The van der Waals surface area contributed by atoms with Crippen LogP contribution in [-0.2, 0) is 13.3 Å². The largest absolute Gasteiger partial charge is 0.598 e. The van der Waals surface area contributed by atoms with Crippen LogP contribution < -0.4 is 0 Å². The highest BCUT2D eigenvalue weighted by atomic mass is 28.4. The van der Waals surface area contributed by atoms with Gasteiger partial charge in [-0.15, -0.1) is 0 Å². The van der Waals surface area contributed by atoms with Crippen molar-refractivity contribution in [3.8, 4) is 0 Å². The second kappa shape index (κ2) is 4.93. The first-order valence-corrected chi connectivity index (χ1v) is 5.59. The molecule has 0 N–H and O–H groups in total. The SMILES string of the molecule is CO[Si](OC)(OC)N(C)C(C)C. The minimum absolute atomic E-state index is 0.344. The van der Waals surface area contributed by atoms with Gasteiger partial charge in [0.05, 0.1) is 0 Å². The molecule has 0 aromatic rings. The summed E-state index contributed by atoms with van der Waals surface area (Å²) in [6.07, 6.45) is 0. The summed E-state index contributed by atoms with van der Waals surface area (Å²) >= 11 is 0. The number of hydrogen-bond acceptors (Lipinski definition) is 4. The Hall–Kier alpha value is 0.0569. The molecule has 0 aliphatic rings. The molecule has 0 amide bonds. The first-order valence-electron chi connectivity index (χ1n) is 3.92. The molecule has 74 valence electrons. The lowest BCUT2D eigenvalue weighted by atomic mass is 10.4. The van der Waals surface area contributed by atoms with E-state index in [1.807, 2.05) is 11.6 Å². The molecule has 0 aromatic carbocycles. The van der Waals surface area contributed by atoms with Crippen LogP contribution in [0.1, 0.15) is 13.8 Å². The van der Waals surface area contributed by atoms with E-state index in [-0.39, 0.29) is 0 Å². The Morgan fingerprint density at radius 2 is 1.33 bits per heavy atom. The van der Waals surface area contributed by atoms with Crippen LogP contribution in [0.2, 0.25) is 0 Å². The van der Waals surface area contributed by atoms with E-state index in [2.05, 4.69) is 13.8 Å². The fourth-order valence-electron chi connectivity index (χ4n) is 0.998. The fourth-order valence-corrected chi connectivity index (χ4v) is 2.99. The highest BCUT2D eigenvalue weighted by Gasteiger charge is 2.45. The van der Waals surface area contributed by atoms with Crippen molar-refractivity contribution in [3.05, 3.63) is 0 Å². The highest BCUT2D eigenvalue weighted by molar-refractivity contribution is 6.57. The van der Waals surface area contributed by atoms with Gasteiger partial charge in [0.2, 0.25) is 0 Å². The molecule has 5 heteroatoms. The van der Waals surface area contributed by atoms with Crippen molar-refractivity contribution in [1.82, 2.24) is 4.57 Å². The van der Waals surface area contributed by atoms with Crippen molar-refractivity contribution in [2.45, 2.75) is 19.9 Å². The summed E-state index contributed by atoms with van der Waals surface area (Å²) in [5.74, 6) is 0. The molecule has 12 heavy (non-hydrogen) atoms. The van der Waals surface area contributed by atoms with Crippen LogP contribution in [0.3, 0.4) is 0 Å². The zero-order valence-corrected chi connectivity index (χ0v) is 9.75. The van der Waals surface area contributed by atoms with Gasteiger partial charge < -0.3 is 13.3 Å². The normalized spacial score (nSPS) is 13.0. The lowest BCUT2D eigenvalue weighted by Gasteiger charge is -2.34. The van der Waals surface area contributed by atoms with E-state index < -0.39 is 8.97 Å². The summed E-state index contributed by atoms with van der Waals surface area (Å²) in [6.45, 7) is 4.14. The fraction of sp³-hybridized carbons (Fsp3) is 1.00. The Kier molecular flexibility index (Phi) is 4.96. The molecular formula is C7H19NO3Si. The van der Waals surface area contributed by atoms with Gasteiger partial charge in [-0.05, 0) is 7.05 Å². The minimum atomic E-state index is -2.55. The summed E-state index contributed by atoms with van der Waals surface area (Å²) in [6, 6.07) is 0.344. The molecule has 0 atom stereocenters. The number of rotatable bonds is 5. The second-order valence-corrected chi connectivity index (χ2v) is 5.82. The Labute approximate surface area is 75.9 Å². The van der Waals surface area contributed by atoms with Gasteiger partial charge in [-0.2, -0.15) is 0 Å². The maximum atomic E-state index is 5.28. The van der Waals surface area contributed by atoms with Crippen molar-refractivity contribution in [1.29, 1.82) is 0 Å². The average molecular weight is 193 g/mol. The molecule has 0 aliphatic heterocycles. The summed E-state index contributed by atoms with van der Waals surface area (Å²) in [4.78, 5) is 0. The van der Waals surface area contributed by atoms with Crippen molar-refractivity contribution < 1.29 is 13.3 Å². The van der Waals surface area contributed by atoms with Gasteiger partial charge in [-0.1, -0.05) is 13.8 Å². The smallest absolute Gasteiger partial charge is 0.364 e. The molecule has 0 saturated carbocycles. The molecule has 0 aliphatic carbocycles. The van der Waals surface area contributed by atoms with E-state index >= 15 is 0 Å². The summed E-state index contributed by atoms with van der Waals surface area (Å²) < 4.78 is 17.8. The van der Waals surface area contributed by atoms with Gasteiger partial charge in [-0.25, -0.2) is 0 Å². The molecule has 0 radical (unpaired) electrons. The van der Waals surface area contributed by atoms with Gasteiger partial charge in [0.15, 0.2) is 0 Å². The van der Waals surface area contributed by atoms with Crippen molar-refractivity contribution in [3.63, 3.8) is 0 Å². The Morgan fingerprint density at radius 3 is 1.42 bits per heavy atom. The van der Waals surface area contributed by atoms with Crippen LogP contribution in [0.15, 0.2) is 0 Å². The topological polar surface area (TPSA) is 30.9 Å². The molecule has 0 saturated heterocycles. The molecule has 0 aromatic heterocycles. The first kappa shape index (κ1) is 12.1. The zero-order chi connectivity index (χ0) is 9.78. The second-order valence-electron chi connectivity index (χ2n) is 2.84. The molecule has 0 heterocycles. The number of hydrogen-bond donors (Lipinski definition) is 0. The van der Waals surface area contributed by atoms with Crippen LogP contribution in [-0.4, -0.2) is 48.0 Å². The molecule has 4 nitrogen and oxygen atoms in total. The van der Waals surface area contributed by atoms with Crippen LogP contribution >= 0.6 is 0 Å². The standard InChI is InChI=1S/C7H19NO3Si/c1-7(2)8(3)12(9-4,10-5)11-6/h7H,1-6H3. The van der Waals surface area contributed by atoms with Crippen molar-refractivity contribution in [2.24, 2.45) is 0 Å². The highest BCUT2D eigenvalue weighted by Crippen LogP contribution is 2.13. The third kappa shape index (κ3) is 2.27. The lowest BCUT2D eigenvalue weighted by Crippen LogP contribution is -2.60. The van der Waals surface area contributed by atoms with Crippen LogP contribution in [0, 0.1) is 0 Å². The maximum absolute atomic E-state index is 5.28. The van der Waals surface area contributed by atoms with E-state index in [4.69, 9.17) is 13.3 Å². The lowest BCUT2D eigenvalue weighted by molar-refractivity contribution is 0.0570. The van der Waals surface area contributed by atoms with E-state index in [9.17, 15) is 0 Å². The maximum Gasteiger partial charge on any atom is 0.598 e. The predicted octanol–water partition coefficient (Wildman–Crippen LogP) is 0.701. The molecule has 0 fully saturated rings. The summed E-state index contributed by atoms with van der Waals surface area (Å²) in [5.41, 5.74) is 0. The predicted molar refractivity (Wildman–Crippen MR) is 49.7 cm³/mol. The van der Waals surface area contributed by atoms with Crippen molar-refractivity contribution >= 4 is 8.97 Å². The first-order chi connectivity index (χ1) is 5.54. The quantitative estimate of drug-likeness (QED) is 0.601. The third-order valence-corrected chi connectivity index (χ3v) is 4.91. The Bertz CT molecular complexity index is 120. The molecule has 0 unspecified atom stereocenters. The van der Waals surface area contributed by atoms with Gasteiger partial charge in [0.25, 0.3) is 0 Å². The Balaban J connectivity index is 4.46. The molecule has 0 spiro atoms. The molecule has 0 bridgehead atoms. The monoisotopic (exact) mass is 193 g/mol. The van der Waals surface area contributed by atoms with E-state index in [0.717, 1.165) is 0 Å².